The van der Waals surface area contributed by atoms with E-state index in [2.05, 4.69) is 55.6 Å². The standard InChI is InChI=1S/C63H119NO4/c1-3-5-7-9-11-13-15-17-19-21-23-25-27-29-30-31-33-34-36-38-40-42-44-46-48-50-52-54-56-60(66)58-63(68)64-61(59-65)62(67)57-55-53-51-49-47-45-43-41-39-37-35-32-28-26-24-22-20-18-16-14-12-10-8-6-4-2/h29-30,39,41,47,49,55,57,60-62,65-67H,3-28,31-38,40,42-46,48,50-54,56,58-59H2,1-2H3,(H,64,68)/b30-29-,41-39+,49-47+,57-55+. The van der Waals surface area contributed by atoms with Crippen molar-refractivity contribution < 1.29 is 20.1 Å². The molecule has 0 aliphatic carbocycles. The predicted octanol–water partition coefficient (Wildman–Crippen LogP) is 19.2. The highest BCUT2D eigenvalue weighted by Gasteiger charge is 2.20. The van der Waals surface area contributed by atoms with E-state index >= 15 is 0 Å². The molecule has 0 aliphatic rings. The van der Waals surface area contributed by atoms with Crippen molar-refractivity contribution in [3.05, 3.63) is 48.6 Å². The minimum Gasteiger partial charge on any atom is -0.394 e. The number of nitrogens with one attached hydrogen (secondary N) is 1. The molecule has 400 valence electrons. The maximum atomic E-state index is 12.5. The molecule has 0 aliphatic heterocycles. The molecule has 0 aromatic carbocycles. The smallest absolute Gasteiger partial charge is 0.222 e. The molecule has 0 aromatic rings. The lowest BCUT2D eigenvalue weighted by Crippen LogP contribution is -2.45. The number of carbonyl (C=O) groups excluding carboxylic acids is 1. The van der Waals surface area contributed by atoms with Gasteiger partial charge in [0.25, 0.3) is 0 Å². The van der Waals surface area contributed by atoms with Crippen LogP contribution in [0.5, 0.6) is 0 Å². The van der Waals surface area contributed by atoms with Gasteiger partial charge in [-0.05, 0) is 70.6 Å². The number of aliphatic hydroxyl groups is 3. The second-order valence-corrected chi connectivity index (χ2v) is 20.9. The molecule has 0 radical (unpaired) electrons. The van der Waals surface area contributed by atoms with E-state index in [0.717, 1.165) is 38.5 Å². The molecule has 0 aromatic heterocycles. The SMILES string of the molecule is CCCCCCCCCCCCCC/C=C\CCCCCCCCCCCCCCC(O)CC(=O)NC(CO)C(O)/C=C/CC/C=C/CC/C=C/CCCCCCCCCCCCCCCCC. The molecular weight excluding hydrogens is 835 g/mol. The first-order valence-corrected chi connectivity index (χ1v) is 30.4. The molecule has 3 atom stereocenters. The third-order valence-electron chi connectivity index (χ3n) is 14.1. The summed E-state index contributed by atoms with van der Waals surface area (Å²) in [7, 11) is 0. The lowest BCUT2D eigenvalue weighted by atomic mass is 10.0. The summed E-state index contributed by atoms with van der Waals surface area (Å²) < 4.78 is 0. The second kappa shape index (κ2) is 57.9. The molecule has 0 saturated heterocycles. The highest BCUT2D eigenvalue weighted by Crippen LogP contribution is 2.17. The summed E-state index contributed by atoms with van der Waals surface area (Å²) in [5, 5.41) is 33.5. The van der Waals surface area contributed by atoms with Crippen molar-refractivity contribution in [3.8, 4) is 0 Å². The van der Waals surface area contributed by atoms with E-state index in [1.54, 1.807) is 6.08 Å². The van der Waals surface area contributed by atoms with E-state index in [1.807, 2.05) is 6.08 Å². The minimum atomic E-state index is -0.962. The summed E-state index contributed by atoms with van der Waals surface area (Å²) >= 11 is 0. The van der Waals surface area contributed by atoms with Crippen LogP contribution in [0, 0.1) is 0 Å². The highest BCUT2D eigenvalue weighted by molar-refractivity contribution is 5.76. The number of rotatable bonds is 56. The monoisotopic (exact) mass is 954 g/mol. The molecule has 0 heterocycles. The molecular formula is C63H119NO4. The van der Waals surface area contributed by atoms with Gasteiger partial charge in [0.2, 0.25) is 5.91 Å². The summed E-state index contributed by atoms with van der Waals surface area (Å²) in [5.41, 5.74) is 0. The Morgan fingerprint density at radius 3 is 0.941 bits per heavy atom. The van der Waals surface area contributed by atoms with Gasteiger partial charge in [-0.2, -0.15) is 0 Å². The maximum absolute atomic E-state index is 12.5. The number of hydrogen-bond acceptors (Lipinski definition) is 4. The van der Waals surface area contributed by atoms with Crippen molar-refractivity contribution in [3.63, 3.8) is 0 Å². The molecule has 0 spiro atoms. The van der Waals surface area contributed by atoms with Gasteiger partial charge in [-0.25, -0.2) is 0 Å². The van der Waals surface area contributed by atoms with Crippen LogP contribution < -0.4 is 5.32 Å². The number of allylic oxidation sites excluding steroid dienone is 7. The van der Waals surface area contributed by atoms with Gasteiger partial charge in [0, 0.05) is 0 Å². The third kappa shape index (κ3) is 53.7. The van der Waals surface area contributed by atoms with Crippen LogP contribution >= 0.6 is 0 Å². The van der Waals surface area contributed by atoms with Crippen LogP contribution in [0.3, 0.4) is 0 Å². The van der Waals surface area contributed by atoms with Crippen molar-refractivity contribution in [1.82, 2.24) is 5.32 Å². The average molecular weight is 955 g/mol. The van der Waals surface area contributed by atoms with Crippen LogP contribution in [0.15, 0.2) is 48.6 Å². The van der Waals surface area contributed by atoms with Crippen LogP contribution in [0.1, 0.15) is 322 Å². The van der Waals surface area contributed by atoms with Crippen molar-refractivity contribution >= 4 is 5.91 Å². The van der Waals surface area contributed by atoms with Gasteiger partial charge in [0.15, 0.2) is 0 Å². The molecule has 0 rings (SSSR count). The third-order valence-corrected chi connectivity index (χ3v) is 14.1. The molecule has 1 amide bonds. The quantitative estimate of drug-likeness (QED) is 0.0361. The van der Waals surface area contributed by atoms with Crippen LogP contribution in [0.2, 0.25) is 0 Å². The zero-order valence-electron chi connectivity index (χ0n) is 45.7. The van der Waals surface area contributed by atoms with Crippen LogP contribution in [0.4, 0.5) is 0 Å². The van der Waals surface area contributed by atoms with Gasteiger partial charge in [-0.1, -0.05) is 294 Å². The molecule has 4 N–H and O–H groups in total. The number of hydrogen-bond donors (Lipinski definition) is 4. The van der Waals surface area contributed by atoms with Crippen molar-refractivity contribution in [2.24, 2.45) is 0 Å². The van der Waals surface area contributed by atoms with Gasteiger partial charge < -0.3 is 20.6 Å². The van der Waals surface area contributed by atoms with E-state index in [-0.39, 0.29) is 18.9 Å². The number of unbranched alkanes of at least 4 members (excludes halogenated alkanes) is 41. The first kappa shape index (κ1) is 66.3. The Morgan fingerprint density at radius 2 is 0.632 bits per heavy atom. The Morgan fingerprint density at radius 1 is 0.368 bits per heavy atom. The fourth-order valence-corrected chi connectivity index (χ4v) is 9.43. The fraction of sp³-hybridized carbons (Fsp3) is 0.857. The second-order valence-electron chi connectivity index (χ2n) is 20.9. The van der Waals surface area contributed by atoms with Crippen LogP contribution in [0.25, 0.3) is 0 Å². The summed E-state index contributed by atoms with van der Waals surface area (Å²) in [6, 6.07) is -0.770. The van der Waals surface area contributed by atoms with Gasteiger partial charge in [0.05, 0.1) is 31.3 Å². The first-order chi connectivity index (χ1) is 33.5. The van der Waals surface area contributed by atoms with E-state index < -0.39 is 18.2 Å². The normalized spacial score (nSPS) is 13.5. The molecule has 68 heavy (non-hydrogen) atoms. The van der Waals surface area contributed by atoms with Gasteiger partial charge in [-0.3, -0.25) is 4.79 Å². The minimum absolute atomic E-state index is 0.00261. The zero-order valence-corrected chi connectivity index (χ0v) is 45.7. The molecule has 0 fully saturated rings. The van der Waals surface area contributed by atoms with Crippen molar-refractivity contribution in [2.75, 3.05) is 6.61 Å². The zero-order chi connectivity index (χ0) is 49.3. The molecule has 5 nitrogen and oxygen atoms in total. The molecule has 0 saturated carbocycles. The largest absolute Gasteiger partial charge is 0.394 e. The van der Waals surface area contributed by atoms with Gasteiger partial charge in [0.1, 0.15) is 0 Å². The Labute approximate surface area is 425 Å². The molecule has 0 bridgehead atoms. The van der Waals surface area contributed by atoms with Crippen LogP contribution in [-0.4, -0.2) is 46.1 Å². The maximum Gasteiger partial charge on any atom is 0.222 e. The van der Waals surface area contributed by atoms with Crippen LogP contribution in [-0.2, 0) is 4.79 Å². The lowest BCUT2D eigenvalue weighted by molar-refractivity contribution is -0.124. The Balaban J connectivity index is 3.60. The molecule has 5 heteroatoms. The highest BCUT2D eigenvalue weighted by atomic mass is 16.3. The summed E-state index contributed by atoms with van der Waals surface area (Å²) in [6.45, 7) is 4.23. The number of aliphatic hydroxyl groups excluding tert-OH is 3. The van der Waals surface area contributed by atoms with Crippen molar-refractivity contribution in [1.29, 1.82) is 0 Å². The Bertz CT molecular complexity index is 1100. The first-order valence-electron chi connectivity index (χ1n) is 30.4. The fourth-order valence-electron chi connectivity index (χ4n) is 9.43. The Kier molecular flexibility index (Phi) is 56.4. The number of amides is 1. The topological polar surface area (TPSA) is 89.8 Å². The number of carbonyl (C=O) groups is 1. The van der Waals surface area contributed by atoms with E-state index in [0.29, 0.717) is 6.42 Å². The molecule has 3 unspecified atom stereocenters. The summed E-state index contributed by atoms with van der Waals surface area (Å²) in [4.78, 5) is 12.5. The summed E-state index contributed by atoms with van der Waals surface area (Å²) in [6.07, 6.45) is 77.5. The van der Waals surface area contributed by atoms with E-state index in [1.165, 1.54) is 257 Å². The predicted molar refractivity (Wildman–Crippen MR) is 301 cm³/mol. The van der Waals surface area contributed by atoms with Gasteiger partial charge >= 0.3 is 0 Å². The lowest BCUT2D eigenvalue weighted by Gasteiger charge is -2.21. The van der Waals surface area contributed by atoms with E-state index in [4.69, 9.17) is 0 Å². The van der Waals surface area contributed by atoms with Gasteiger partial charge in [-0.15, -0.1) is 0 Å². The average Bonchev–Trinajstić information content (AvgIpc) is 3.33. The summed E-state index contributed by atoms with van der Waals surface area (Å²) in [5.74, 6) is -0.326. The Hall–Kier alpha value is -1.69. The van der Waals surface area contributed by atoms with Crippen molar-refractivity contribution in [2.45, 2.75) is 340 Å². The van der Waals surface area contributed by atoms with E-state index in [9.17, 15) is 20.1 Å².